The van der Waals surface area contributed by atoms with Gasteiger partial charge in [0.25, 0.3) is 0 Å². The fourth-order valence-electron chi connectivity index (χ4n) is 3.20. The van der Waals surface area contributed by atoms with Crippen molar-refractivity contribution >= 4 is 11.6 Å². The number of nitrogens with zero attached hydrogens (tertiary/aromatic N) is 1. The van der Waals surface area contributed by atoms with Gasteiger partial charge in [-0.2, -0.15) is 0 Å². The number of rotatable bonds is 4. The monoisotopic (exact) mass is 421 g/mol. The van der Waals surface area contributed by atoms with Gasteiger partial charge in [-0.25, -0.2) is 8.78 Å². The topological polar surface area (TPSA) is 21.7 Å². The normalized spacial score (nSPS) is 19.8. The molecule has 0 saturated carbocycles. The summed E-state index contributed by atoms with van der Waals surface area (Å²) in [5.74, 6) is -1.99. The third-order valence-electron chi connectivity index (χ3n) is 4.20. The average Bonchev–Trinajstić information content (AvgIpc) is 2.83. The van der Waals surface area contributed by atoms with E-state index in [0.29, 0.717) is 12.1 Å². The molecule has 0 N–H and O–H groups in total. The van der Waals surface area contributed by atoms with E-state index in [4.69, 9.17) is 16.3 Å². The van der Waals surface area contributed by atoms with Gasteiger partial charge >= 0.3 is 6.36 Å². The van der Waals surface area contributed by atoms with Crippen LogP contribution in [0, 0.1) is 11.6 Å². The van der Waals surface area contributed by atoms with Gasteiger partial charge in [0, 0.05) is 13.1 Å². The van der Waals surface area contributed by atoms with Gasteiger partial charge in [-0.1, -0.05) is 23.7 Å². The third-order valence-corrected chi connectivity index (χ3v) is 4.50. The fourth-order valence-corrected chi connectivity index (χ4v) is 3.44. The summed E-state index contributed by atoms with van der Waals surface area (Å²) in [7, 11) is 0. The molecule has 3 rings (SSSR count). The highest BCUT2D eigenvalue weighted by Gasteiger charge is 2.41. The molecule has 28 heavy (non-hydrogen) atoms. The quantitative estimate of drug-likeness (QED) is 0.580. The zero-order chi connectivity index (χ0) is 20.7. The maximum atomic E-state index is 14.3. The summed E-state index contributed by atoms with van der Waals surface area (Å²) in [4.78, 5) is 1.69. The van der Waals surface area contributed by atoms with Gasteiger partial charge in [0.05, 0.1) is 16.2 Å². The van der Waals surface area contributed by atoms with Crippen molar-refractivity contribution in [2.45, 2.75) is 38.6 Å². The van der Waals surface area contributed by atoms with Gasteiger partial charge in [0.2, 0.25) is 0 Å². The minimum Gasteiger partial charge on any atom is -0.404 e. The van der Waals surface area contributed by atoms with Gasteiger partial charge in [-0.05, 0) is 43.7 Å². The van der Waals surface area contributed by atoms with Crippen LogP contribution in [0.15, 0.2) is 36.4 Å². The van der Waals surface area contributed by atoms with Gasteiger partial charge < -0.3 is 9.47 Å². The van der Waals surface area contributed by atoms with Crippen molar-refractivity contribution in [3.05, 3.63) is 64.2 Å². The van der Waals surface area contributed by atoms with Crippen molar-refractivity contribution in [3.8, 4) is 5.75 Å². The van der Waals surface area contributed by atoms with Crippen molar-refractivity contribution in [2.75, 3.05) is 6.54 Å². The first-order chi connectivity index (χ1) is 13.0. The second kappa shape index (κ2) is 7.50. The molecule has 9 heteroatoms. The molecule has 0 aromatic heterocycles. The highest BCUT2D eigenvalue weighted by molar-refractivity contribution is 6.32. The van der Waals surface area contributed by atoms with Crippen LogP contribution in [0.2, 0.25) is 5.02 Å². The number of halogens is 6. The Balaban J connectivity index is 1.86. The van der Waals surface area contributed by atoms with Crippen LogP contribution in [0.4, 0.5) is 22.0 Å². The Morgan fingerprint density at radius 2 is 1.82 bits per heavy atom. The lowest BCUT2D eigenvalue weighted by molar-refractivity contribution is -0.274. The van der Waals surface area contributed by atoms with Gasteiger partial charge in [0.15, 0.2) is 0 Å². The minimum absolute atomic E-state index is 0.161. The molecule has 1 heterocycles. The second-order valence-corrected chi connectivity index (χ2v) is 7.49. The summed E-state index contributed by atoms with van der Waals surface area (Å²) in [5, 5.41) is -0.220. The van der Waals surface area contributed by atoms with Crippen LogP contribution in [0.25, 0.3) is 0 Å². The average molecular weight is 422 g/mol. The molecule has 0 radical (unpaired) electrons. The molecule has 152 valence electrons. The lowest BCUT2D eigenvalue weighted by atomic mass is 10.1. The maximum absolute atomic E-state index is 14.3. The van der Waals surface area contributed by atoms with E-state index in [-0.39, 0.29) is 17.1 Å². The molecule has 0 aliphatic carbocycles. The highest BCUT2D eigenvalue weighted by Crippen LogP contribution is 2.39. The Kier molecular flexibility index (Phi) is 5.58. The number of alkyl halides is 3. The van der Waals surface area contributed by atoms with Crippen LogP contribution in [-0.2, 0) is 11.3 Å². The van der Waals surface area contributed by atoms with Crippen LogP contribution in [0.1, 0.15) is 31.2 Å². The van der Waals surface area contributed by atoms with Crippen LogP contribution in [0.5, 0.6) is 5.75 Å². The van der Waals surface area contributed by atoms with E-state index in [2.05, 4.69) is 4.74 Å². The van der Waals surface area contributed by atoms with Crippen molar-refractivity contribution in [1.29, 1.82) is 0 Å². The molecule has 0 amide bonds. The minimum atomic E-state index is -4.86. The molecular weight excluding hydrogens is 405 g/mol. The first kappa shape index (κ1) is 20.8. The zero-order valence-corrected chi connectivity index (χ0v) is 15.7. The molecule has 1 aliphatic rings. The molecule has 2 aromatic carbocycles. The third kappa shape index (κ3) is 4.74. The SMILES string of the molecule is CC1(C)CN(Cc2ccc(OC(F)(F)F)c(Cl)c2)C(c2c(F)cccc2F)O1. The molecule has 1 unspecified atom stereocenters. The molecule has 1 fully saturated rings. The van der Waals surface area contributed by atoms with Crippen molar-refractivity contribution in [2.24, 2.45) is 0 Å². The molecule has 1 aliphatic heterocycles. The van der Waals surface area contributed by atoms with E-state index in [0.717, 1.165) is 18.2 Å². The molecule has 1 atom stereocenters. The van der Waals surface area contributed by atoms with E-state index in [1.54, 1.807) is 18.7 Å². The first-order valence-electron chi connectivity index (χ1n) is 8.35. The van der Waals surface area contributed by atoms with Crippen LogP contribution >= 0.6 is 11.6 Å². The largest absolute Gasteiger partial charge is 0.573 e. The van der Waals surface area contributed by atoms with E-state index in [1.165, 1.54) is 18.2 Å². The summed E-state index contributed by atoms with van der Waals surface area (Å²) in [6.07, 6.45) is -5.84. The van der Waals surface area contributed by atoms with Crippen LogP contribution < -0.4 is 4.74 Å². The standard InChI is InChI=1S/C19H17ClF5NO2/c1-18(2)10-26(17(28-18)16-13(21)4-3-5-14(16)22)9-11-6-7-15(12(20)8-11)27-19(23,24)25/h3-8,17H,9-10H2,1-2H3. The Hall–Kier alpha value is -1.90. The molecule has 0 spiro atoms. The molecule has 0 bridgehead atoms. The van der Waals surface area contributed by atoms with Gasteiger partial charge in [-0.15, -0.1) is 13.2 Å². The number of ether oxygens (including phenoxy) is 2. The van der Waals surface area contributed by atoms with E-state index >= 15 is 0 Å². The van der Waals surface area contributed by atoms with Crippen LogP contribution in [-0.4, -0.2) is 23.4 Å². The molecule has 3 nitrogen and oxygen atoms in total. The lowest BCUT2D eigenvalue weighted by Crippen LogP contribution is -2.28. The summed E-state index contributed by atoms with van der Waals surface area (Å²) in [6.45, 7) is 4.08. The number of hydrogen-bond donors (Lipinski definition) is 0. The fraction of sp³-hybridized carbons (Fsp3) is 0.368. The Morgan fingerprint density at radius 3 is 2.39 bits per heavy atom. The summed E-state index contributed by atoms with van der Waals surface area (Å²) >= 11 is 5.89. The number of hydrogen-bond acceptors (Lipinski definition) is 3. The van der Waals surface area contributed by atoms with Crippen molar-refractivity contribution in [1.82, 2.24) is 4.90 Å². The van der Waals surface area contributed by atoms with E-state index < -0.39 is 35.6 Å². The smallest absolute Gasteiger partial charge is 0.404 e. The zero-order valence-electron chi connectivity index (χ0n) is 15.0. The maximum Gasteiger partial charge on any atom is 0.573 e. The molecular formula is C19H17ClF5NO2. The highest BCUT2D eigenvalue weighted by atomic mass is 35.5. The summed E-state index contributed by atoms with van der Waals surface area (Å²) in [6, 6.07) is 7.39. The lowest BCUT2D eigenvalue weighted by Gasteiger charge is -2.24. The molecule has 1 saturated heterocycles. The van der Waals surface area contributed by atoms with Gasteiger partial charge in [0.1, 0.15) is 23.6 Å². The van der Waals surface area contributed by atoms with Crippen LogP contribution in [0.3, 0.4) is 0 Å². The van der Waals surface area contributed by atoms with Crippen molar-refractivity contribution in [3.63, 3.8) is 0 Å². The molecule has 2 aromatic rings. The summed E-state index contributed by atoms with van der Waals surface area (Å²) < 4.78 is 75.3. The van der Waals surface area contributed by atoms with Crippen molar-refractivity contribution < 1.29 is 31.4 Å². The Labute approximate surface area is 163 Å². The van der Waals surface area contributed by atoms with E-state index in [1.807, 2.05) is 0 Å². The second-order valence-electron chi connectivity index (χ2n) is 7.08. The number of benzene rings is 2. The Bertz CT molecular complexity index is 852. The first-order valence-corrected chi connectivity index (χ1v) is 8.73. The predicted molar refractivity (Wildman–Crippen MR) is 92.8 cm³/mol. The van der Waals surface area contributed by atoms with Gasteiger partial charge in [-0.3, -0.25) is 4.90 Å². The Morgan fingerprint density at radius 1 is 1.18 bits per heavy atom. The summed E-state index contributed by atoms with van der Waals surface area (Å²) in [5.41, 5.74) is -0.346. The van der Waals surface area contributed by atoms with E-state index in [9.17, 15) is 22.0 Å². The predicted octanol–water partition coefficient (Wildman–Crippen LogP) is 5.83.